The van der Waals surface area contributed by atoms with Gasteiger partial charge in [-0.1, -0.05) is 36.8 Å². The molecule has 1 amide bonds. The van der Waals surface area contributed by atoms with Gasteiger partial charge in [-0.05, 0) is 18.9 Å². The Morgan fingerprint density at radius 3 is 2.38 bits per heavy atom. The summed E-state index contributed by atoms with van der Waals surface area (Å²) in [6.07, 6.45) is 3.12. The van der Waals surface area contributed by atoms with Gasteiger partial charge < -0.3 is 15.3 Å². The van der Waals surface area contributed by atoms with Gasteiger partial charge in [-0.25, -0.2) is 4.79 Å². The number of carbonyl (C=O) groups is 2. The summed E-state index contributed by atoms with van der Waals surface area (Å²) < 4.78 is 5.53. The highest BCUT2D eigenvalue weighted by Crippen LogP contribution is 2.17. The Morgan fingerprint density at radius 2 is 1.79 bits per heavy atom. The Bertz CT molecular complexity index is 696. The van der Waals surface area contributed by atoms with Crippen molar-refractivity contribution in [1.29, 1.82) is 0 Å². The summed E-state index contributed by atoms with van der Waals surface area (Å²) in [6.45, 7) is 3.60. The van der Waals surface area contributed by atoms with Gasteiger partial charge in [-0.3, -0.25) is 4.79 Å². The number of ether oxygens (including phenoxy) is 1. The first kappa shape index (κ1) is 17.5. The normalized spacial score (nSPS) is 11.6. The monoisotopic (exact) mass is 328 g/mol. The summed E-state index contributed by atoms with van der Waals surface area (Å²) in [6, 6.07) is 10.5. The standard InChI is InChI=1S/C18H20N2O4/c1-3-16(14-6-4-13(2)5-7-14)19-17(21)12-24-18(22)15-8-10-20(23)11-9-15/h4-11,16H,3,12H2,1-2H3,(H,19,21)/t16-/m1/s1. The third-order valence-electron chi connectivity index (χ3n) is 3.60. The topological polar surface area (TPSA) is 82.3 Å². The number of pyridine rings is 1. The first-order valence-corrected chi connectivity index (χ1v) is 7.71. The molecule has 0 aliphatic carbocycles. The van der Waals surface area contributed by atoms with Crippen molar-refractivity contribution in [2.75, 3.05) is 6.61 Å². The number of esters is 1. The van der Waals surface area contributed by atoms with Gasteiger partial charge in [0.1, 0.15) is 0 Å². The van der Waals surface area contributed by atoms with Gasteiger partial charge in [-0.2, -0.15) is 4.73 Å². The maximum atomic E-state index is 12.0. The Kier molecular flexibility index (Phi) is 5.89. The maximum Gasteiger partial charge on any atom is 0.339 e. The lowest BCUT2D eigenvalue weighted by Crippen LogP contribution is -2.32. The van der Waals surface area contributed by atoms with Crippen molar-refractivity contribution in [3.05, 3.63) is 70.7 Å². The molecule has 2 rings (SSSR count). The van der Waals surface area contributed by atoms with Crippen LogP contribution in [-0.4, -0.2) is 18.5 Å². The molecule has 0 spiro atoms. The Hall–Kier alpha value is -2.89. The van der Waals surface area contributed by atoms with Crippen molar-refractivity contribution in [3.8, 4) is 0 Å². The fourth-order valence-electron chi connectivity index (χ4n) is 2.22. The highest BCUT2D eigenvalue weighted by molar-refractivity contribution is 5.91. The summed E-state index contributed by atoms with van der Waals surface area (Å²) in [5, 5.41) is 13.8. The van der Waals surface area contributed by atoms with Crippen LogP contribution in [0, 0.1) is 12.1 Å². The van der Waals surface area contributed by atoms with Gasteiger partial charge in [0.05, 0.1) is 11.6 Å². The molecule has 1 aromatic heterocycles. The molecule has 6 heteroatoms. The fourth-order valence-corrected chi connectivity index (χ4v) is 2.22. The average molecular weight is 328 g/mol. The minimum absolute atomic E-state index is 0.132. The van der Waals surface area contributed by atoms with Gasteiger partial charge in [0.2, 0.25) is 0 Å². The van der Waals surface area contributed by atoms with Crippen LogP contribution in [0.3, 0.4) is 0 Å². The molecule has 2 aromatic rings. The highest BCUT2D eigenvalue weighted by atomic mass is 16.5. The predicted octanol–water partition coefficient (Wildman–Crippen LogP) is 2.05. The van der Waals surface area contributed by atoms with Crippen molar-refractivity contribution in [2.24, 2.45) is 0 Å². The second-order valence-corrected chi connectivity index (χ2v) is 5.46. The quantitative estimate of drug-likeness (QED) is 0.500. The lowest BCUT2D eigenvalue weighted by Gasteiger charge is -2.17. The first-order valence-electron chi connectivity index (χ1n) is 7.71. The minimum atomic E-state index is -0.644. The maximum absolute atomic E-state index is 12.0. The number of hydrogen-bond acceptors (Lipinski definition) is 4. The van der Waals surface area contributed by atoms with E-state index >= 15 is 0 Å². The van der Waals surface area contributed by atoms with Gasteiger partial charge in [-0.15, -0.1) is 0 Å². The summed E-state index contributed by atoms with van der Waals surface area (Å²) in [4.78, 5) is 23.8. The zero-order chi connectivity index (χ0) is 17.5. The van der Waals surface area contributed by atoms with Crippen LogP contribution in [0.5, 0.6) is 0 Å². The second kappa shape index (κ2) is 8.10. The van der Waals surface area contributed by atoms with Gasteiger partial charge >= 0.3 is 5.97 Å². The summed E-state index contributed by atoms with van der Waals surface area (Å²) in [5.41, 5.74) is 2.38. The molecule has 0 fully saturated rings. The molecule has 1 aromatic carbocycles. The van der Waals surface area contributed by atoms with Gasteiger partial charge in [0.15, 0.2) is 19.0 Å². The largest absolute Gasteiger partial charge is 0.619 e. The molecule has 24 heavy (non-hydrogen) atoms. The van der Waals surface area contributed by atoms with Gasteiger partial charge in [0, 0.05) is 12.1 Å². The van der Waals surface area contributed by atoms with Crippen molar-refractivity contribution in [2.45, 2.75) is 26.3 Å². The molecule has 0 saturated heterocycles. The molecule has 0 unspecified atom stereocenters. The van der Waals surface area contributed by atoms with Crippen LogP contribution in [0.15, 0.2) is 48.8 Å². The van der Waals surface area contributed by atoms with E-state index in [0.29, 0.717) is 4.73 Å². The van der Waals surface area contributed by atoms with E-state index in [1.54, 1.807) is 0 Å². The number of carbonyl (C=O) groups excluding carboxylic acids is 2. The lowest BCUT2D eigenvalue weighted by atomic mass is 10.0. The van der Waals surface area contributed by atoms with E-state index in [1.807, 2.05) is 38.1 Å². The molecule has 6 nitrogen and oxygen atoms in total. The number of nitrogens with one attached hydrogen (secondary N) is 1. The first-order chi connectivity index (χ1) is 11.5. The predicted molar refractivity (Wildman–Crippen MR) is 88.0 cm³/mol. The van der Waals surface area contributed by atoms with Crippen molar-refractivity contribution in [3.63, 3.8) is 0 Å². The van der Waals surface area contributed by atoms with E-state index in [1.165, 1.54) is 24.5 Å². The Labute approximate surface area is 140 Å². The highest BCUT2D eigenvalue weighted by Gasteiger charge is 2.15. The van der Waals surface area contributed by atoms with Crippen LogP contribution in [-0.2, 0) is 9.53 Å². The fraction of sp³-hybridized carbons (Fsp3) is 0.278. The number of benzene rings is 1. The molecular formula is C18H20N2O4. The molecule has 0 radical (unpaired) electrons. The molecule has 0 saturated carbocycles. The van der Waals surface area contributed by atoms with Crippen molar-refractivity contribution >= 4 is 11.9 Å². The van der Waals surface area contributed by atoms with Crippen LogP contribution in [0.25, 0.3) is 0 Å². The Balaban J connectivity index is 1.88. The number of hydrogen-bond donors (Lipinski definition) is 1. The third kappa shape index (κ3) is 4.81. The van der Waals surface area contributed by atoms with E-state index in [4.69, 9.17) is 4.74 Å². The summed E-state index contributed by atoms with van der Waals surface area (Å²) >= 11 is 0. The Morgan fingerprint density at radius 1 is 1.17 bits per heavy atom. The molecule has 126 valence electrons. The molecule has 0 aliphatic rings. The average Bonchev–Trinajstić information content (AvgIpc) is 2.59. The molecular weight excluding hydrogens is 308 g/mol. The zero-order valence-electron chi connectivity index (χ0n) is 13.7. The van der Waals surface area contributed by atoms with E-state index in [0.717, 1.165) is 17.5 Å². The van der Waals surface area contributed by atoms with E-state index in [9.17, 15) is 14.8 Å². The number of amides is 1. The van der Waals surface area contributed by atoms with Crippen molar-refractivity contribution < 1.29 is 19.1 Å². The van der Waals surface area contributed by atoms with Crippen LogP contribution in [0.4, 0.5) is 0 Å². The number of nitrogens with zero attached hydrogens (tertiary/aromatic N) is 1. The van der Waals surface area contributed by atoms with E-state index in [2.05, 4.69) is 5.32 Å². The van der Waals surface area contributed by atoms with Gasteiger partial charge in [0.25, 0.3) is 5.91 Å². The molecule has 1 atom stereocenters. The zero-order valence-corrected chi connectivity index (χ0v) is 13.7. The molecule has 1 heterocycles. The van der Waals surface area contributed by atoms with Crippen LogP contribution < -0.4 is 10.0 Å². The smallest absolute Gasteiger partial charge is 0.339 e. The summed E-state index contributed by atoms with van der Waals surface area (Å²) in [7, 11) is 0. The van der Waals surface area contributed by atoms with E-state index in [-0.39, 0.29) is 24.1 Å². The molecule has 1 N–H and O–H groups in total. The van der Waals surface area contributed by atoms with Crippen LogP contribution in [0.1, 0.15) is 40.9 Å². The SMILES string of the molecule is CC[C@@H](NC(=O)COC(=O)c1cc[n+]([O-])cc1)c1ccc(C)cc1. The molecule has 0 bridgehead atoms. The number of rotatable bonds is 6. The van der Waals surface area contributed by atoms with Crippen LogP contribution >= 0.6 is 0 Å². The number of aryl methyl sites for hydroxylation is 1. The van der Waals surface area contributed by atoms with Crippen LogP contribution in [0.2, 0.25) is 0 Å². The second-order valence-electron chi connectivity index (χ2n) is 5.46. The van der Waals surface area contributed by atoms with E-state index < -0.39 is 5.97 Å². The molecule has 0 aliphatic heterocycles. The minimum Gasteiger partial charge on any atom is -0.619 e. The lowest BCUT2D eigenvalue weighted by molar-refractivity contribution is -0.605. The summed E-state index contributed by atoms with van der Waals surface area (Å²) in [5.74, 6) is -1.01. The van der Waals surface area contributed by atoms with Crippen molar-refractivity contribution in [1.82, 2.24) is 5.32 Å². The third-order valence-corrected chi connectivity index (χ3v) is 3.60. The number of aromatic nitrogens is 1.